The summed E-state index contributed by atoms with van der Waals surface area (Å²) in [4.78, 5) is 31.8. The van der Waals surface area contributed by atoms with E-state index >= 15 is 0 Å². The molecule has 7 aliphatic rings. The highest BCUT2D eigenvalue weighted by molar-refractivity contribution is 7.99. The van der Waals surface area contributed by atoms with Crippen molar-refractivity contribution in [2.24, 2.45) is 0 Å². The van der Waals surface area contributed by atoms with Crippen molar-refractivity contribution in [3.63, 3.8) is 0 Å². The van der Waals surface area contributed by atoms with Crippen molar-refractivity contribution in [1.82, 2.24) is 15.1 Å². The van der Waals surface area contributed by atoms with Gasteiger partial charge >= 0.3 is 12.1 Å². The van der Waals surface area contributed by atoms with E-state index in [-0.39, 0.29) is 53.9 Å². The van der Waals surface area contributed by atoms with Crippen molar-refractivity contribution in [2.75, 3.05) is 39.9 Å². The van der Waals surface area contributed by atoms with Gasteiger partial charge in [0.1, 0.15) is 24.0 Å². The maximum absolute atomic E-state index is 14.9. The zero-order valence-electron chi connectivity index (χ0n) is 33.3. The standard InChI is InChI=1S/C42H46N4O11S/c1-18-10-21-11-23-24(14-43)46-25-15-53-39(50)42(22-13-26(52-7)27(12-20(22)8-9-44-42)56-40(51)57-41(3,4)5)16-58-38(32(46)31(45(23)6)28(21)35(49)33(18)47)30-29(25)37-36(54-17-55-37)19(2)34(30)48/h10,12-13,23-25,31-32,38,44,47-49H,8-9,11,15-17H2,1-7H3/t23-,24-,25-,31-,32?,38+,42+/m0/s1. The fraction of sp³-hybridized carbons (Fsp3) is 0.500. The maximum Gasteiger partial charge on any atom is 0.514 e. The Hall–Kier alpha value is -5.08. The molecule has 2 fully saturated rings. The Balaban J connectivity index is 1.23. The average Bonchev–Trinajstić information content (AvgIpc) is 3.67. The highest BCUT2D eigenvalue weighted by Crippen LogP contribution is 2.64. The number of nitriles is 1. The Labute approximate surface area is 339 Å². The molecule has 3 aromatic rings. The number of nitrogens with zero attached hydrogens (tertiary/aromatic N) is 3. The SMILES string of the molecule is COc1cc2c(cc1OC(=O)OC(C)(C)C)CCN[C@]21CS[C@@H]2c3c(O)c(C)c4c(c3[C@H](COC1=O)N1C2[C@@H]2c3c(cc(C)c(O)c3O)C[C@@H]([C@@H]1C#N)N2C)OCO4. The number of carbonyl (C=O) groups excluding carboxylic acids is 2. The van der Waals surface area contributed by atoms with Crippen LogP contribution < -0.4 is 24.3 Å². The number of methoxy groups -OCH3 is 1. The van der Waals surface area contributed by atoms with Crippen molar-refractivity contribution >= 4 is 23.9 Å². The summed E-state index contributed by atoms with van der Waals surface area (Å²) in [6, 6.07) is 4.88. The molecule has 15 nitrogen and oxygen atoms in total. The van der Waals surface area contributed by atoms with Crippen LogP contribution >= 0.6 is 11.8 Å². The van der Waals surface area contributed by atoms with Gasteiger partial charge in [-0.25, -0.2) is 9.59 Å². The van der Waals surface area contributed by atoms with Crippen molar-refractivity contribution in [2.45, 2.75) is 94.1 Å². The lowest BCUT2D eigenvalue weighted by atomic mass is 9.71. The van der Waals surface area contributed by atoms with E-state index in [2.05, 4.69) is 21.2 Å². The molecule has 1 unspecified atom stereocenters. The number of benzene rings is 3. The van der Waals surface area contributed by atoms with Gasteiger partial charge in [-0.05, 0) is 88.9 Å². The van der Waals surface area contributed by atoms with E-state index in [1.807, 2.05) is 13.1 Å². The molecule has 10 rings (SSSR count). The van der Waals surface area contributed by atoms with Crippen LogP contribution in [0.5, 0.6) is 40.2 Å². The van der Waals surface area contributed by atoms with E-state index in [0.29, 0.717) is 64.3 Å². The third-order valence-electron chi connectivity index (χ3n) is 12.6. The number of phenolic OH excluding ortho intramolecular Hbond substituents is 3. The number of aryl methyl sites for hydroxylation is 1. The minimum absolute atomic E-state index is 0.00949. The molecule has 0 aliphatic carbocycles. The number of nitrogens with one attached hydrogen (secondary N) is 1. The van der Waals surface area contributed by atoms with Gasteiger partial charge in [0.2, 0.25) is 6.79 Å². The lowest BCUT2D eigenvalue weighted by Crippen LogP contribution is -2.69. The van der Waals surface area contributed by atoms with Gasteiger partial charge in [0.15, 0.2) is 40.0 Å². The van der Waals surface area contributed by atoms with Crippen LogP contribution in [0.25, 0.3) is 0 Å². The molecule has 7 heterocycles. The van der Waals surface area contributed by atoms with Crippen LogP contribution in [-0.2, 0) is 32.6 Å². The number of carbonyl (C=O) groups is 2. The van der Waals surface area contributed by atoms with Crippen molar-refractivity contribution in [3.8, 4) is 46.3 Å². The summed E-state index contributed by atoms with van der Waals surface area (Å²) in [5.41, 5.74) is 2.70. The van der Waals surface area contributed by atoms with Crippen LogP contribution in [-0.4, -0.2) is 101 Å². The Morgan fingerprint density at radius 2 is 1.78 bits per heavy atom. The van der Waals surface area contributed by atoms with Gasteiger partial charge in [0.25, 0.3) is 0 Å². The van der Waals surface area contributed by atoms with Crippen molar-refractivity contribution in [3.05, 3.63) is 62.7 Å². The van der Waals surface area contributed by atoms with Gasteiger partial charge in [-0.2, -0.15) is 5.26 Å². The molecular weight excluding hydrogens is 769 g/mol. The number of rotatable bonds is 2. The van der Waals surface area contributed by atoms with Crippen molar-refractivity contribution < 1.29 is 53.3 Å². The zero-order chi connectivity index (χ0) is 41.2. The van der Waals surface area contributed by atoms with E-state index in [1.165, 1.54) is 18.9 Å². The first-order valence-corrected chi connectivity index (χ1v) is 20.4. The third kappa shape index (κ3) is 5.50. The van der Waals surface area contributed by atoms with Gasteiger partial charge in [-0.1, -0.05) is 6.07 Å². The zero-order valence-corrected chi connectivity index (χ0v) is 34.1. The number of esters is 1. The molecule has 0 aromatic heterocycles. The molecule has 0 saturated carbocycles. The normalized spacial score (nSPS) is 28.3. The van der Waals surface area contributed by atoms with Gasteiger partial charge in [0.05, 0.1) is 30.5 Å². The first-order chi connectivity index (χ1) is 27.6. The van der Waals surface area contributed by atoms with E-state index in [1.54, 1.807) is 46.8 Å². The molecule has 0 amide bonds. The van der Waals surface area contributed by atoms with Crippen LogP contribution in [0.3, 0.4) is 0 Å². The minimum Gasteiger partial charge on any atom is -0.507 e. The van der Waals surface area contributed by atoms with Gasteiger partial charge in [0, 0.05) is 46.6 Å². The largest absolute Gasteiger partial charge is 0.514 e. The molecule has 4 bridgehead atoms. The highest BCUT2D eigenvalue weighted by atomic mass is 32.2. The number of ether oxygens (including phenoxy) is 6. The average molecular weight is 815 g/mol. The lowest BCUT2D eigenvalue weighted by molar-refractivity contribution is -0.157. The maximum atomic E-state index is 14.9. The minimum atomic E-state index is -1.43. The molecule has 0 radical (unpaired) electrons. The fourth-order valence-electron chi connectivity index (χ4n) is 10.1. The van der Waals surface area contributed by atoms with Gasteiger partial charge < -0.3 is 43.7 Å². The second kappa shape index (κ2) is 13.5. The predicted molar refractivity (Wildman–Crippen MR) is 209 cm³/mol. The number of hydrogen-bond acceptors (Lipinski definition) is 16. The second-order valence-electron chi connectivity index (χ2n) is 16.9. The smallest absolute Gasteiger partial charge is 0.507 e. The van der Waals surface area contributed by atoms with E-state index in [0.717, 1.165) is 11.1 Å². The topological polar surface area (TPSA) is 193 Å². The summed E-state index contributed by atoms with van der Waals surface area (Å²) < 4.78 is 35.2. The van der Waals surface area contributed by atoms with E-state index in [9.17, 15) is 30.2 Å². The fourth-order valence-corrected chi connectivity index (χ4v) is 11.8. The number of likely N-dealkylation sites (N-methyl/N-ethyl adjacent to an activating group) is 1. The summed E-state index contributed by atoms with van der Waals surface area (Å²) >= 11 is 1.42. The Kier molecular flexibility index (Phi) is 8.94. The molecule has 2 saturated heterocycles. The quantitative estimate of drug-likeness (QED) is 0.152. The summed E-state index contributed by atoms with van der Waals surface area (Å²) in [5.74, 6) is 0.316. The molecular formula is C42H46N4O11S. The Morgan fingerprint density at radius 1 is 1.02 bits per heavy atom. The second-order valence-corrected chi connectivity index (χ2v) is 18.0. The van der Waals surface area contributed by atoms with E-state index < -0.39 is 52.7 Å². The molecule has 306 valence electrons. The highest BCUT2D eigenvalue weighted by Gasteiger charge is 2.61. The third-order valence-corrected chi connectivity index (χ3v) is 14.1. The first-order valence-electron chi connectivity index (χ1n) is 19.3. The summed E-state index contributed by atoms with van der Waals surface area (Å²) in [5, 5.41) is 49.0. The molecule has 3 aromatic carbocycles. The predicted octanol–water partition coefficient (Wildman–Crippen LogP) is 5.07. The number of fused-ring (bicyclic) bond motifs is 9. The number of thioether (sulfide) groups is 1. The Morgan fingerprint density at radius 3 is 2.50 bits per heavy atom. The summed E-state index contributed by atoms with van der Waals surface area (Å²) in [7, 11) is 3.38. The molecule has 7 aliphatic heterocycles. The van der Waals surface area contributed by atoms with Crippen LogP contribution in [0.15, 0.2) is 18.2 Å². The van der Waals surface area contributed by atoms with E-state index in [4.69, 9.17) is 28.4 Å². The monoisotopic (exact) mass is 814 g/mol. The molecule has 58 heavy (non-hydrogen) atoms. The van der Waals surface area contributed by atoms with Gasteiger partial charge in [-0.15, -0.1) is 11.8 Å². The molecule has 4 N–H and O–H groups in total. The number of piperazine rings is 1. The molecule has 1 spiro atoms. The van der Waals surface area contributed by atoms with Gasteiger partial charge in [-0.3, -0.25) is 15.1 Å². The van der Waals surface area contributed by atoms with Crippen LogP contribution in [0.2, 0.25) is 0 Å². The lowest BCUT2D eigenvalue weighted by Gasteiger charge is -2.62. The van der Waals surface area contributed by atoms with Crippen molar-refractivity contribution in [1.29, 1.82) is 5.26 Å². The molecule has 16 heteroatoms. The van der Waals surface area contributed by atoms with Crippen LogP contribution in [0.4, 0.5) is 4.79 Å². The number of hydrogen-bond donors (Lipinski definition) is 4. The number of aromatic hydroxyl groups is 3. The summed E-state index contributed by atoms with van der Waals surface area (Å²) in [6.45, 7) is 8.82. The van der Waals surface area contributed by atoms with Crippen LogP contribution in [0.1, 0.15) is 82.6 Å². The van der Waals surface area contributed by atoms with Crippen LogP contribution in [0, 0.1) is 25.2 Å². The summed E-state index contributed by atoms with van der Waals surface area (Å²) in [6.07, 6.45) is 0.0280. The Bertz CT molecular complexity index is 2320. The number of phenols is 3. The first kappa shape index (κ1) is 38.4. The molecule has 7 atom stereocenters.